The first-order valence-corrected chi connectivity index (χ1v) is 9.59. The number of nitrogens with one attached hydrogen (secondary N) is 2. The Balaban J connectivity index is 2.54. The molecule has 1 aromatic carbocycles. The Morgan fingerprint density at radius 1 is 1.39 bits per heavy atom. The van der Waals surface area contributed by atoms with Crippen LogP contribution in [-0.2, 0) is 16.4 Å². The van der Waals surface area contributed by atoms with Crippen molar-refractivity contribution in [3.8, 4) is 5.75 Å². The molecule has 7 heteroatoms. The highest BCUT2D eigenvalue weighted by Gasteiger charge is 2.09. The van der Waals surface area contributed by atoms with Crippen LogP contribution in [0.1, 0.15) is 24.5 Å². The predicted molar refractivity (Wildman–Crippen MR) is 94.9 cm³/mol. The minimum atomic E-state index is -2.94. The van der Waals surface area contributed by atoms with Gasteiger partial charge in [-0.1, -0.05) is 12.1 Å². The summed E-state index contributed by atoms with van der Waals surface area (Å²) in [6.45, 7) is 4.54. The number of aryl methyl sites for hydroxylation is 1. The van der Waals surface area contributed by atoms with E-state index in [-0.39, 0.29) is 11.8 Å². The van der Waals surface area contributed by atoms with Crippen molar-refractivity contribution >= 4 is 15.8 Å². The lowest BCUT2D eigenvalue weighted by molar-refractivity contribution is 0.411. The van der Waals surface area contributed by atoms with E-state index in [1.165, 1.54) is 6.26 Å². The van der Waals surface area contributed by atoms with Gasteiger partial charge in [0.05, 0.1) is 12.9 Å². The summed E-state index contributed by atoms with van der Waals surface area (Å²) in [6.07, 6.45) is 1.79. The van der Waals surface area contributed by atoms with Crippen LogP contribution >= 0.6 is 0 Å². The first kappa shape index (κ1) is 19.3. The number of ether oxygens (including phenoxy) is 1. The van der Waals surface area contributed by atoms with E-state index in [0.29, 0.717) is 18.9 Å². The number of rotatable bonds is 7. The molecule has 1 unspecified atom stereocenters. The molecule has 1 atom stereocenters. The lowest BCUT2D eigenvalue weighted by Gasteiger charge is -2.18. The van der Waals surface area contributed by atoms with Crippen molar-refractivity contribution in [2.24, 2.45) is 4.99 Å². The Morgan fingerprint density at radius 2 is 2.09 bits per heavy atom. The van der Waals surface area contributed by atoms with Crippen molar-refractivity contribution in [3.05, 3.63) is 29.3 Å². The molecule has 0 aliphatic rings. The van der Waals surface area contributed by atoms with E-state index in [9.17, 15) is 8.42 Å². The smallest absolute Gasteiger partial charge is 0.191 e. The van der Waals surface area contributed by atoms with Crippen LogP contribution in [0.25, 0.3) is 0 Å². The van der Waals surface area contributed by atoms with E-state index < -0.39 is 9.84 Å². The van der Waals surface area contributed by atoms with Crippen LogP contribution < -0.4 is 15.4 Å². The van der Waals surface area contributed by atoms with Crippen molar-refractivity contribution in [3.63, 3.8) is 0 Å². The highest BCUT2D eigenvalue weighted by molar-refractivity contribution is 7.90. The molecular formula is C16H27N3O3S. The molecule has 0 fully saturated rings. The molecule has 0 aliphatic carbocycles. The molecule has 1 aromatic rings. The van der Waals surface area contributed by atoms with Crippen molar-refractivity contribution in [1.82, 2.24) is 10.6 Å². The fourth-order valence-corrected chi connectivity index (χ4v) is 2.83. The van der Waals surface area contributed by atoms with Crippen LogP contribution in [0.4, 0.5) is 0 Å². The molecule has 6 nitrogen and oxygen atoms in total. The van der Waals surface area contributed by atoms with Gasteiger partial charge in [0, 0.05) is 25.9 Å². The maximum absolute atomic E-state index is 11.2. The zero-order chi connectivity index (χ0) is 17.5. The Kier molecular flexibility index (Phi) is 7.35. The zero-order valence-corrected chi connectivity index (χ0v) is 15.3. The molecule has 0 saturated carbocycles. The van der Waals surface area contributed by atoms with Gasteiger partial charge >= 0.3 is 0 Å². The maximum atomic E-state index is 11.2. The summed E-state index contributed by atoms with van der Waals surface area (Å²) >= 11 is 0. The molecule has 0 aliphatic heterocycles. The van der Waals surface area contributed by atoms with Crippen LogP contribution in [0.5, 0.6) is 5.75 Å². The summed E-state index contributed by atoms with van der Waals surface area (Å²) in [5, 5.41) is 6.41. The van der Waals surface area contributed by atoms with Crippen LogP contribution in [0, 0.1) is 6.92 Å². The monoisotopic (exact) mass is 341 g/mol. The highest BCUT2D eigenvalue weighted by Crippen LogP contribution is 2.18. The minimum absolute atomic E-state index is 0.0171. The summed E-state index contributed by atoms with van der Waals surface area (Å²) < 4.78 is 27.7. The molecular weight excluding hydrogens is 314 g/mol. The number of nitrogens with zero attached hydrogens (tertiary/aromatic N) is 1. The third-order valence-electron chi connectivity index (χ3n) is 3.46. The third kappa shape index (κ3) is 7.36. The first-order valence-electron chi connectivity index (χ1n) is 7.53. The van der Waals surface area contributed by atoms with Crippen LogP contribution in [0.3, 0.4) is 0 Å². The molecule has 0 bridgehead atoms. The Morgan fingerprint density at radius 3 is 2.65 bits per heavy atom. The number of benzene rings is 1. The van der Waals surface area contributed by atoms with E-state index in [2.05, 4.69) is 15.6 Å². The van der Waals surface area contributed by atoms with Gasteiger partial charge in [0.15, 0.2) is 5.96 Å². The largest absolute Gasteiger partial charge is 0.496 e. The van der Waals surface area contributed by atoms with E-state index in [1.807, 2.05) is 32.0 Å². The maximum Gasteiger partial charge on any atom is 0.191 e. The van der Waals surface area contributed by atoms with E-state index in [0.717, 1.165) is 16.9 Å². The van der Waals surface area contributed by atoms with Crippen LogP contribution in [0.2, 0.25) is 0 Å². The summed E-state index contributed by atoms with van der Waals surface area (Å²) in [4.78, 5) is 4.16. The molecule has 23 heavy (non-hydrogen) atoms. The Hall–Kier alpha value is -1.76. The van der Waals surface area contributed by atoms with Gasteiger partial charge in [-0.15, -0.1) is 0 Å². The standard InChI is InChI=1S/C16H27N3O3S/c1-12-6-7-14(10-15(12)22-4)11-18-16(17-3)19-13(2)8-9-23(5,20)21/h6-7,10,13H,8-9,11H2,1-5H3,(H2,17,18,19). The molecule has 0 spiro atoms. The Labute approximate surface area is 139 Å². The number of sulfone groups is 1. The van der Waals surface area contributed by atoms with E-state index >= 15 is 0 Å². The molecule has 130 valence electrons. The van der Waals surface area contributed by atoms with E-state index in [1.54, 1.807) is 14.2 Å². The number of hydrogen-bond donors (Lipinski definition) is 2. The lowest BCUT2D eigenvalue weighted by Crippen LogP contribution is -2.42. The van der Waals surface area contributed by atoms with Gasteiger partial charge in [-0.2, -0.15) is 0 Å². The van der Waals surface area contributed by atoms with Crippen molar-refractivity contribution in [2.75, 3.05) is 26.2 Å². The van der Waals surface area contributed by atoms with Crippen LogP contribution in [0.15, 0.2) is 23.2 Å². The molecule has 1 rings (SSSR count). The second-order valence-corrected chi connectivity index (χ2v) is 7.95. The molecule has 0 aromatic heterocycles. The average Bonchev–Trinajstić information content (AvgIpc) is 2.50. The van der Waals surface area contributed by atoms with Gasteiger partial charge in [-0.05, 0) is 37.5 Å². The summed E-state index contributed by atoms with van der Waals surface area (Å²) in [7, 11) is 0.402. The van der Waals surface area contributed by atoms with Crippen molar-refractivity contribution in [2.45, 2.75) is 32.9 Å². The number of methoxy groups -OCH3 is 1. The third-order valence-corrected chi connectivity index (χ3v) is 4.44. The van der Waals surface area contributed by atoms with Crippen LogP contribution in [-0.4, -0.2) is 46.6 Å². The van der Waals surface area contributed by atoms with Gasteiger partial charge in [0.25, 0.3) is 0 Å². The van der Waals surface area contributed by atoms with Crippen molar-refractivity contribution in [1.29, 1.82) is 0 Å². The summed E-state index contributed by atoms with van der Waals surface area (Å²) in [5.41, 5.74) is 2.17. The summed E-state index contributed by atoms with van der Waals surface area (Å²) in [5.74, 6) is 1.66. The zero-order valence-electron chi connectivity index (χ0n) is 14.5. The van der Waals surface area contributed by atoms with Gasteiger partial charge in [0.2, 0.25) is 0 Å². The lowest BCUT2D eigenvalue weighted by atomic mass is 10.1. The van der Waals surface area contributed by atoms with E-state index in [4.69, 9.17) is 4.74 Å². The molecule has 0 saturated heterocycles. The number of aliphatic imine (C=N–C) groups is 1. The minimum Gasteiger partial charge on any atom is -0.496 e. The Bertz CT molecular complexity index is 642. The number of hydrogen-bond acceptors (Lipinski definition) is 4. The molecule has 0 amide bonds. The SMILES string of the molecule is CN=C(NCc1ccc(C)c(OC)c1)NC(C)CCS(C)(=O)=O. The van der Waals surface area contributed by atoms with Gasteiger partial charge in [-0.3, -0.25) is 4.99 Å². The number of guanidine groups is 1. The molecule has 0 radical (unpaired) electrons. The van der Waals surface area contributed by atoms with Gasteiger partial charge in [0.1, 0.15) is 15.6 Å². The fourth-order valence-electron chi connectivity index (χ4n) is 2.05. The highest BCUT2D eigenvalue weighted by atomic mass is 32.2. The summed E-state index contributed by atoms with van der Waals surface area (Å²) in [6, 6.07) is 6.05. The topological polar surface area (TPSA) is 79.8 Å². The first-order chi connectivity index (χ1) is 10.7. The quantitative estimate of drug-likeness (QED) is 0.580. The average molecular weight is 341 g/mol. The normalized spacial score (nSPS) is 13.5. The van der Waals surface area contributed by atoms with Crippen molar-refractivity contribution < 1.29 is 13.2 Å². The fraction of sp³-hybridized carbons (Fsp3) is 0.562. The predicted octanol–water partition coefficient (Wildman–Crippen LogP) is 1.49. The second-order valence-electron chi connectivity index (χ2n) is 5.69. The van der Waals surface area contributed by atoms with Gasteiger partial charge < -0.3 is 15.4 Å². The molecule has 0 heterocycles. The molecule has 2 N–H and O–H groups in total. The second kappa shape index (κ2) is 8.76. The van der Waals surface area contributed by atoms with Gasteiger partial charge in [-0.25, -0.2) is 8.42 Å².